The molecule has 11 heteroatoms. The fourth-order valence-electron chi connectivity index (χ4n) is 8.26. The highest BCUT2D eigenvalue weighted by Crippen LogP contribution is 2.29. The van der Waals surface area contributed by atoms with Crippen LogP contribution in [0.3, 0.4) is 0 Å². The van der Waals surface area contributed by atoms with Crippen LogP contribution in [-0.2, 0) is 20.8 Å². The number of hydrogen-bond acceptors (Lipinski definition) is 9. The number of hydrogen-bond donors (Lipinski definition) is 2. The van der Waals surface area contributed by atoms with Crippen molar-refractivity contribution in [2.45, 2.75) is 103 Å². The molecule has 2 N–H and O–H groups in total. The van der Waals surface area contributed by atoms with Crippen LogP contribution in [0, 0.1) is 17.8 Å². The van der Waals surface area contributed by atoms with Crippen molar-refractivity contribution < 1.29 is 43.0 Å². The van der Waals surface area contributed by atoms with E-state index in [-0.39, 0.29) is 70.2 Å². The molecular formula is C49H52N2O9. The number of carbonyl (C=O) groups excluding carboxylic acids is 6. The molecule has 0 aliphatic heterocycles. The quantitative estimate of drug-likeness (QED) is 0.0763. The van der Waals surface area contributed by atoms with Crippen molar-refractivity contribution in [3.8, 4) is 17.2 Å². The van der Waals surface area contributed by atoms with Crippen molar-refractivity contribution >= 4 is 46.9 Å². The van der Waals surface area contributed by atoms with Crippen LogP contribution in [0.2, 0.25) is 0 Å². The molecule has 0 aromatic heterocycles. The molecule has 4 aromatic rings. The molecule has 312 valence electrons. The number of ether oxygens (including phenoxy) is 3. The van der Waals surface area contributed by atoms with E-state index in [4.69, 9.17) is 14.2 Å². The molecule has 0 heterocycles. The van der Waals surface area contributed by atoms with Crippen LogP contribution < -0.4 is 24.8 Å². The molecule has 3 fully saturated rings. The predicted molar refractivity (Wildman–Crippen MR) is 226 cm³/mol. The van der Waals surface area contributed by atoms with Gasteiger partial charge in [0.15, 0.2) is 5.78 Å². The van der Waals surface area contributed by atoms with Gasteiger partial charge in [0.25, 0.3) is 11.8 Å². The zero-order chi connectivity index (χ0) is 41.8. The van der Waals surface area contributed by atoms with Crippen LogP contribution in [0.1, 0.15) is 133 Å². The van der Waals surface area contributed by atoms with Crippen LogP contribution in [-0.4, -0.2) is 35.5 Å². The van der Waals surface area contributed by atoms with E-state index in [2.05, 4.69) is 10.6 Å². The number of carbonyl (C=O) groups is 6. The van der Waals surface area contributed by atoms with Crippen molar-refractivity contribution in [2.75, 3.05) is 10.6 Å². The molecule has 3 saturated carbocycles. The van der Waals surface area contributed by atoms with Crippen LogP contribution >= 0.6 is 0 Å². The average Bonchev–Trinajstić information content (AvgIpc) is 3.28. The largest absolute Gasteiger partial charge is 0.426 e. The molecule has 2 amide bonds. The fraction of sp³-hybridized carbons (Fsp3) is 0.388. The molecule has 3 aliphatic carbocycles. The first-order valence-corrected chi connectivity index (χ1v) is 21.4. The van der Waals surface area contributed by atoms with Gasteiger partial charge in [-0.25, -0.2) is 0 Å². The van der Waals surface area contributed by atoms with Crippen molar-refractivity contribution in [3.05, 3.63) is 113 Å². The van der Waals surface area contributed by atoms with Crippen LogP contribution in [0.4, 0.5) is 11.4 Å². The van der Waals surface area contributed by atoms with Crippen molar-refractivity contribution in [2.24, 2.45) is 17.8 Å². The maximum atomic E-state index is 13.8. The molecule has 3 aliphatic rings. The van der Waals surface area contributed by atoms with Gasteiger partial charge in [0.05, 0.1) is 17.8 Å². The minimum Gasteiger partial charge on any atom is -0.426 e. The van der Waals surface area contributed by atoms with E-state index < -0.39 is 11.8 Å². The zero-order valence-electron chi connectivity index (χ0n) is 33.9. The summed E-state index contributed by atoms with van der Waals surface area (Å²) in [6, 6.07) is 24.0. The third kappa shape index (κ3) is 11.5. The Morgan fingerprint density at radius 2 is 0.800 bits per heavy atom. The zero-order valence-corrected chi connectivity index (χ0v) is 33.9. The normalized spacial score (nSPS) is 16.3. The van der Waals surface area contributed by atoms with Gasteiger partial charge >= 0.3 is 17.9 Å². The molecule has 11 nitrogen and oxygen atoms in total. The number of benzene rings is 4. The van der Waals surface area contributed by atoms with Crippen LogP contribution in [0.15, 0.2) is 91.0 Å². The van der Waals surface area contributed by atoms with Gasteiger partial charge in [-0.15, -0.1) is 0 Å². The number of ketones is 1. The van der Waals surface area contributed by atoms with Gasteiger partial charge in [-0.2, -0.15) is 0 Å². The van der Waals surface area contributed by atoms with Crippen LogP contribution in [0.5, 0.6) is 17.2 Å². The third-order valence-corrected chi connectivity index (χ3v) is 11.8. The molecule has 0 radical (unpaired) electrons. The average molecular weight is 813 g/mol. The number of rotatable bonds is 13. The number of amides is 2. The number of Topliss-reactive ketones (excluding diaryl/α,β-unsaturated/α-hetero) is 1. The molecular weight excluding hydrogens is 761 g/mol. The molecule has 7 rings (SSSR count). The monoisotopic (exact) mass is 812 g/mol. The minimum atomic E-state index is -0.527. The first-order valence-electron chi connectivity index (χ1n) is 21.4. The minimum absolute atomic E-state index is 0.0165. The van der Waals surface area contributed by atoms with E-state index >= 15 is 0 Å². The van der Waals surface area contributed by atoms with E-state index in [1.54, 1.807) is 72.8 Å². The summed E-state index contributed by atoms with van der Waals surface area (Å²) in [6.45, 7) is 0. The van der Waals surface area contributed by atoms with Crippen molar-refractivity contribution in [1.29, 1.82) is 0 Å². The lowest BCUT2D eigenvalue weighted by molar-refractivity contribution is -0.140. The van der Waals surface area contributed by atoms with Gasteiger partial charge < -0.3 is 24.8 Å². The van der Waals surface area contributed by atoms with Crippen molar-refractivity contribution in [1.82, 2.24) is 0 Å². The summed E-state index contributed by atoms with van der Waals surface area (Å²) in [5, 5.41) is 5.65. The van der Waals surface area contributed by atoms with E-state index in [0.29, 0.717) is 28.5 Å². The summed E-state index contributed by atoms with van der Waals surface area (Å²) in [5.74, 6) is -1.24. The molecule has 0 saturated heterocycles. The maximum Gasteiger partial charge on any atom is 0.314 e. The van der Waals surface area contributed by atoms with Gasteiger partial charge in [0, 0.05) is 34.5 Å². The lowest BCUT2D eigenvalue weighted by atomic mass is 9.89. The number of anilines is 2. The van der Waals surface area contributed by atoms with E-state index in [1.165, 1.54) is 18.2 Å². The van der Waals surface area contributed by atoms with Crippen molar-refractivity contribution in [3.63, 3.8) is 0 Å². The summed E-state index contributed by atoms with van der Waals surface area (Å²) in [4.78, 5) is 78.9. The second-order valence-electron chi connectivity index (χ2n) is 16.3. The highest BCUT2D eigenvalue weighted by atomic mass is 16.5. The third-order valence-electron chi connectivity index (χ3n) is 11.8. The van der Waals surface area contributed by atoms with E-state index in [0.717, 1.165) is 96.3 Å². The molecule has 0 unspecified atom stereocenters. The highest BCUT2D eigenvalue weighted by Gasteiger charge is 2.26. The Morgan fingerprint density at radius 3 is 1.27 bits per heavy atom. The Morgan fingerprint density at radius 1 is 0.417 bits per heavy atom. The SMILES string of the molecule is O=C(Cc1ccc(OC(=O)C2CCCCC2)cc1)c1cc(NC(=O)c2ccc(OC(=O)C3CCCCC3)cc2)cc(C(=O)Nc2ccc(OC(=O)C3CCCCC3)cc2)c1. The summed E-state index contributed by atoms with van der Waals surface area (Å²) >= 11 is 0. The fourth-order valence-corrected chi connectivity index (χ4v) is 8.26. The first kappa shape index (κ1) is 42.0. The first-order chi connectivity index (χ1) is 29.2. The van der Waals surface area contributed by atoms with Gasteiger partial charge in [-0.05, 0) is 123 Å². The second-order valence-corrected chi connectivity index (χ2v) is 16.3. The Hall–Kier alpha value is -6.10. The summed E-state index contributed by atoms with van der Waals surface area (Å²) in [5.41, 5.74) is 1.93. The van der Waals surface area contributed by atoms with E-state index in [9.17, 15) is 28.8 Å². The molecule has 4 aromatic carbocycles. The Bertz CT molecular complexity index is 2050. The second kappa shape index (κ2) is 20.2. The number of esters is 3. The summed E-state index contributed by atoms with van der Waals surface area (Å²) in [6.07, 6.45) is 14.4. The Balaban J connectivity index is 1.04. The molecule has 60 heavy (non-hydrogen) atoms. The van der Waals surface area contributed by atoms with Gasteiger partial charge in [0.1, 0.15) is 17.2 Å². The summed E-state index contributed by atoms with van der Waals surface area (Å²) in [7, 11) is 0. The van der Waals surface area contributed by atoms with Gasteiger partial charge in [-0.1, -0.05) is 69.9 Å². The maximum absolute atomic E-state index is 13.8. The predicted octanol–water partition coefficient (Wildman–Crippen LogP) is 10.1. The van der Waals surface area contributed by atoms with Gasteiger partial charge in [-0.3, -0.25) is 28.8 Å². The van der Waals surface area contributed by atoms with Crippen LogP contribution in [0.25, 0.3) is 0 Å². The Labute approximate surface area is 350 Å². The molecule has 0 bridgehead atoms. The number of nitrogens with one attached hydrogen (secondary N) is 2. The Kier molecular flexibility index (Phi) is 14.2. The lowest BCUT2D eigenvalue weighted by Gasteiger charge is -2.19. The standard InChI is InChI=1S/C49H52N2O9/c52-44(28-32-16-22-41(23-17-32)58-47(55)34-10-4-1-5-11-34)37-29-38(46(54)50-39-20-26-43(27-21-39)60-49(57)36-14-8-3-9-15-36)31-40(30-37)51-45(53)33-18-24-42(25-19-33)59-48(56)35-12-6-2-7-13-35/h16-27,29-31,34-36H,1-15,28H2,(H,50,54)(H,51,53). The smallest absolute Gasteiger partial charge is 0.314 e. The molecule has 0 spiro atoms. The van der Waals surface area contributed by atoms with Gasteiger partial charge in [0.2, 0.25) is 0 Å². The highest BCUT2D eigenvalue weighted by molar-refractivity contribution is 6.10. The summed E-state index contributed by atoms with van der Waals surface area (Å²) < 4.78 is 16.8. The lowest BCUT2D eigenvalue weighted by Crippen LogP contribution is -2.22. The van der Waals surface area contributed by atoms with E-state index in [1.807, 2.05) is 0 Å². The molecule has 0 atom stereocenters. The topological polar surface area (TPSA) is 154 Å².